The van der Waals surface area contributed by atoms with Crippen molar-refractivity contribution in [1.82, 2.24) is 10.2 Å². The first-order valence-electron chi connectivity index (χ1n) is 8.44. The minimum Gasteiger partial charge on any atom is -0.351 e. The number of carbonyl (C=O) groups excluding carboxylic acids is 2. The number of hydrogen-bond acceptors (Lipinski definition) is 4. The molecule has 1 atom stereocenters. The molecule has 9 heteroatoms. The largest absolute Gasteiger partial charge is 0.351 e. The maximum atomic E-state index is 12.8. The van der Waals surface area contributed by atoms with Crippen molar-refractivity contribution < 1.29 is 18.0 Å². The molecule has 1 unspecified atom stereocenters. The Morgan fingerprint density at radius 3 is 2.62 bits per heavy atom. The van der Waals surface area contributed by atoms with E-state index in [4.69, 9.17) is 11.6 Å². The highest BCUT2D eigenvalue weighted by Crippen LogP contribution is 2.25. The molecule has 144 valence electrons. The smallest absolute Gasteiger partial charge is 0.254 e. The van der Waals surface area contributed by atoms with Gasteiger partial charge in [-0.2, -0.15) is 0 Å². The normalized spacial score (nSPS) is 17.9. The van der Waals surface area contributed by atoms with E-state index in [9.17, 15) is 18.0 Å². The number of piperidine rings is 1. The molecule has 1 aromatic carbocycles. The summed E-state index contributed by atoms with van der Waals surface area (Å²) >= 11 is 6.00. The van der Waals surface area contributed by atoms with Gasteiger partial charge in [0.1, 0.15) is 0 Å². The number of sulfonamides is 1. The predicted octanol–water partition coefficient (Wildman–Crippen LogP) is 2.09. The number of nitrogens with zero attached hydrogens (tertiary/aromatic N) is 1. The third-order valence-electron chi connectivity index (χ3n) is 4.09. The third-order valence-corrected chi connectivity index (χ3v) is 5.01. The molecule has 2 amide bonds. The Morgan fingerprint density at radius 1 is 1.31 bits per heavy atom. The fourth-order valence-electron chi connectivity index (χ4n) is 2.77. The molecule has 1 aliphatic heterocycles. The predicted molar refractivity (Wildman–Crippen MR) is 102 cm³/mol. The van der Waals surface area contributed by atoms with E-state index in [1.54, 1.807) is 11.0 Å². The lowest BCUT2D eigenvalue weighted by molar-refractivity contribution is -0.125. The summed E-state index contributed by atoms with van der Waals surface area (Å²) in [7, 11) is -3.50. The lowest BCUT2D eigenvalue weighted by Gasteiger charge is -2.33. The van der Waals surface area contributed by atoms with Crippen LogP contribution in [0.25, 0.3) is 0 Å². The van der Waals surface area contributed by atoms with Gasteiger partial charge in [-0.1, -0.05) is 25.4 Å². The average molecular weight is 402 g/mol. The number of benzene rings is 1. The van der Waals surface area contributed by atoms with E-state index in [2.05, 4.69) is 10.0 Å². The number of carbonyl (C=O) groups is 2. The fourth-order valence-corrected chi connectivity index (χ4v) is 3.56. The quantitative estimate of drug-likeness (QED) is 0.789. The van der Waals surface area contributed by atoms with Crippen molar-refractivity contribution in [2.45, 2.75) is 32.7 Å². The van der Waals surface area contributed by atoms with Gasteiger partial charge in [0.2, 0.25) is 15.9 Å². The molecule has 1 heterocycles. The van der Waals surface area contributed by atoms with Crippen LogP contribution in [0, 0.1) is 5.92 Å². The molecule has 1 aromatic rings. The van der Waals surface area contributed by atoms with Crippen molar-refractivity contribution in [3.63, 3.8) is 0 Å². The molecule has 0 aromatic heterocycles. The fraction of sp³-hybridized carbons (Fsp3) is 0.529. The number of anilines is 1. The zero-order valence-electron chi connectivity index (χ0n) is 15.1. The number of nitrogens with one attached hydrogen (secondary N) is 2. The van der Waals surface area contributed by atoms with Gasteiger partial charge in [-0.05, 0) is 31.0 Å². The van der Waals surface area contributed by atoms with Crippen molar-refractivity contribution in [3.05, 3.63) is 28.8 Å². The van der Waals surface area contributed by atoms with Crippen LogP contribution in [0.5, 0.6) is 0 Å². The van der Waals surface area contributed by atoms with Crippen LogP contribution >= 0.6 is 11.6 Å². The molecule has 2 N–H and O–H groups in total. The first-order valence-corrected chi connectivity index (χ1v) is 10.7. The van der Waals surface area contributed by atoms with E-state index < -0.39 is 10.0 Å². The first kappa shape index (κ1) is 20.5. The Morgan fingerprint density at radius 2 is 2.00 bits per heavy atom. The molecule has 26 heavy (non-hydrogen) atoms. The summed E-state index contributed by atoms with van der Waals surface area (Å²) < 4.78 is 25.2. The van der Waals surface area contributed by atoms with E-state index in [1.807, 2.05) is 13.8 Å². The van der Waals surface area contributed by atoms with Crippen molar-refractivity contribution in [2.24, 2.45) is 5.92 Å². The standard InChI is InChI=1S/C17H24ClN3O4S/c1-11(2)16(22)19-13-5-4-8-21(10-13)17(23)12-6-7-14(18)15(9-12)20-26(3,24)25/h6-7,9,11,13,20H,4-5,8,10H2,1-3H3,(H,19,22). The maximum absolute atomic E-state index is 12.8. The second kappa shape index (κ2) is 8.26. The number of rotatable bonds is 5. The summed E-state index contributed by atoms with van der Waals surface area (Å²) in [6, 6.07) is 4.41. The molecule has 0 bridgehead atoms. The summed E-state index contributed by atoms with van der Waals surface area (Å²) in [6.07, 6.45) is 2.63. The SMILES string of the molecule is CC(C)C(=O)NC1CCCN(C(=O)c2ccc(Cl)c(NS(C)(=O)=O)c2)C1. The topological polar surface area (TPSA) is 95.6 Å². The van der Waals surface area contributed by atoms with E-state index >= 15 is 0 Å². The molecule has 0 aliphatic carbocycles. The lowest BCUT2D eigenvalue weighted by atomic mass is 10.0. The first-order chi connectivity index (χ1) is 12.1. The van der Waals surface area contributed by atoms with Crippen molar-refractivity contribution in [1.29, 1.82) is 0 Å². The molecule has 1 fully saturated rings. The summed E-state index contributed by atoms with van der Waals surface area (Å²) in [6.45, 7) is 4.66. The van der Waals surface area contributed by atoms with Gasteiger partial charge < -0.3 is 10.2 Å². The zero-order chi connectivity index (χ0) is 19.5. The van der Waals surface area contributed by atoms with Crippen LogP contribution in [0.2, 0.25) is 5.02 Å². The van der Waals surface area contributed by atoms with Crippen LogP contribution in [0.1, 0.15) is 37.0 Å². The van der Waals surface area contributed by atoms with Crippen LogP contribution in [0.3, 0.4) is 0 Å². The summed E-state index contributed by atoms with van der Waals surface area (Å²) in [5, 5.41) is 3.18. The molecule has 0 spiro atoms. The Kier molecular flexibility index (Phi) is 6.52. The van der Waals surface area contributed by atoms with Gasteiger partial charge in [0.15, 0.2) is 0 Å². The van der Waals surface area contributed by atoms with Gasteiger partial charge in [0, 0.05) is 30.6 Å². The highest BCUT2D eigenvalue weighted by molar-refractivity contribution is 7.92. The lowest BCUT2D eigenvalue weighted by Crippen LogP contribution is -2.50. The molecule has 2 rings (SSSR count). The van der Waals surface area contributed by atoms with Crippen LogP contribution in [0.15, 0.2) is 18.2 Å². The van der Waals surface area contributed by atoms with Gasteiger partial charge in [-0.25, -0.2) is 8.42 Å². The van der Waals surface area contributed by atoms with Crippen LogP contribution in [-0.2, 0) is 14.8 Å². The Labute approximate surface area is 159 Å². The van der Waals surface area contributed by atoms with E-state index in [0.717, 1.165) is 19.1 Å². The molecule has 0 saturated carbocycles. The van der Waals surface area contributed by atoms with Gasteiger partial charge >= 0.3 is 0 Å². The van der Waals surface area contributed by atoms with E-state index in [1.165, 1.54) is 12.1 Å². The van der Waals surface area contributed by atoms with E-state index in [-0.39, 0.29) is 34.5 Å². The van der Waals surface area contributed by atoms with Gasteiger partial charge in [0.25, 0.3) is 5.91 Å². The Balaban J connectivity index is 2.13. The Hall–Kier alpha value is -1.80. The summed E-state index contributed by atoms with van der Waals surface area (Å²) in [5.74, 6) is -0.362. The molecule has 1 aliphatic rings. The monoisotopic (exact) mass is 401 g/mol. The Bertz CT molecular complexity index is 795. The zero-order valence-corrected chi connectivity index (χ0v) is 16.7. The van der Waals surface area contributed by atoms with Crippen LogP contribution < -0.4 is 10.0 Å². The second-order valence-corrected chi connectivity index (χ2v) is 8.98. The maximum Gasteiger partial charge on any atom is 0.254 e. The molecule has 0 radical (unpaired) electrons. The van der Waals surface area contributed by atoms with Gasteiger partial charge in [-0.3, -0.25) is 14.3 Å². The number of amides is 2. The highest BCUT2D eigenvalue weighted by atomic mass is 35.5. The number of halogens is 1. The molecular weight excluding hydrogens is 378 g/mol. The second-order valence-electron chi connectivity index (χ2n) is 6.82. The summed E-state index contributed by atoms with van der Waals surface area (Å²) in [5.41, 5.74) is 0.512. The number of hydrogen-bond donors (Lipinski definition) is 2. The van der Waals surface area contributed by atoms with Gasteiger partial charge in [-0.15, -0.1) is 0 Å². The van der Waals surface area contributed by atoms with Gasteiger partial charge in [0.05, 0.1) is 17.0 Å². The summed E-state index contributed by atoms with van der Waals surface area (Å²) in [4.78, 5) is 26.3. The minimum atomic E-state index is -3.50. The van der Waals surface area contributed by atoms with Crippen molar-refractivity contribution in [2.75, 3.05) is 24.1 Å². The van der Waals surface area contributed by atoms with Crippen molar-refractivity contribution >= 4 is 39.1 Å². The molecular formula is C17H24ClN3O4S. The van der Waals surface area contributed by atoms with E-state index in [0.29, 0.717) is 18.7 Å². The highest BCUT2D eigenvalue weighted by Gasteiger charge is 2.26. The minimum absolute atomic E-state index is 0.0320. The van der Waals surface area contributed by atoms with Crippen LogP contribution in [-0.4, -0.2) is 50.5 Å². The molecule has 1 saturated heterocycles. The van der Waals surface area contributed by atoms with Crippen LogP contribution in [0.4, 0.5) is 5.69 Å². The molecule has 7 nitrogen and oxygen atoms in total. The third kappa shape index (κ3) is 5.60. The average Bonchev–Trinajstić information content (AvgIpc) is 2.55. The van der Waals surface area contributed by atoms with Crippen molar-refractivity contribution in [3.8, 4) is 0 Å². The number of likely N-dealkylation sites (tertiary alicyclic amines) is 1.